The molecular weight excluding hydrogens is 351 g/mol. The maximum atomic E-state index is 11.8. The highest BCUT2D eigenvalue weighted by Crippen LogP contribution is 2.27. The van der Waals surface area contributed by atoms with Gasteiger partial charge in [0.25, 0.3) is 11.8 Å². The first-order valence-corrected chi connectivity index (χ1v) is 7.99. The Morgan fingerprint density at radius 1 is 0.958 bits per heavy atom. The second-order valence-corrected chi connectivity index (χ2v) is 5.68. The lowest BCUT2D eigenvalue weighted by atomic mass is 10.2. The minimum atomic E-state index is -0.310. The van der Waals surface area contributed by atoms with E-state index < -0.39 is 0 Å². The van der Waals surface area contributed by atoms with E-state index in [4.69, 9.17) is 27.9 Å². The Kier molecular flexibility index (Phi) is 6.90. The van der Waals surface area contributed by atoms with Gasteiger partial charge in [0.05, 0.1) is 5.02 Å². The van der Waals surface area contributed by atoms with E-state index in [0.717, 1.165) is 0 Å². The molecule has 5 nitrogen and oxygen atoms in total. The van der Waals surface area contributed by atoms with Gasteiger partial charge in [-0.15, -0.1) is 0 Å². The van der Waals surface area contributed by atoms with Gasteiger partial charge in [-0.3, -0.25) is 9.59 Å². The van der Waals surface area contributed by atoms with E-state index in [1.807, 2.05) is 6.07 Å². The molecule has 2 aromatic rings. The minimum Gasteiger partial charge on any atom is -0.482 e. The lowest BCUT2D eigenvalue weighted by molar-refractivity contribution is -0.123. The Morgan fingerprint density at radius 2 is 1.67 bits per heavy atom. The summed E-state index contributed by atoms with van der Waals surface area (Å²) in [5, 5.41) is 6.19. The highest BCUT2D eigenvalue weighted by Gasteiger charge is 2.07. The molecule has 0 spiro atoms. The van der Waals surface area contributed by atoms with Crippen LogP contribution >= 0.6 is 23.2 Å². The molecule has 0 aliphatic rings. The van der Waals surface area contributed by atoms with E-state index in [1.54, 1.807) is 36.4 Å². The second-order valence-electron chi connectivity index (χ2n) is 4.84. The fourth-order valence-electron chi connectivity index (χ4n) is 1.86. The van der Waals surface area contributed by atoms with E-state index >= 15 is 0 Å². The fraction of sp³-hybridized carbons (Fsp3) is 0.176. The molecule has 0 aliphatic carbocycles. The number of halogens is 2. The summed E-state index contributed by atoms with van der Waals surface area (Å²) in [6.45, 7) is 0.449. The van der Waals surface area contributed by atoms with Gasteiger partial charge in [0.15, 0.2) is 6.61 Å². The van der Waals surface area contributed by atoms with Crippen molar-refractivity contribution in [3.63, 3.8) is 0 Å². The molecule has 2 rings (SSSR count). The van der Waals surface area contributed by atoms with Crippen molar-refractivity contribution >= 4 is 35.0 Å². The molecule has 0 saturated heterocycles. The number of hydrogen-bond donors (Lipinski definition) is 2. The number of benzene rings is 2. The summed E-state index contributed by atoms with van der Waals surface area (Å²) < 4.78 is 5.31. The van der Waals surface area contributed by atoms with Gasteiger partial charge in [-0.25, -0.2) is 0 Å². The second kappa shape index (κ2) is 9.15. The Bertz CT molecular complexity index is 708. The zero-order valence-electron chi connectivity index (χ0n) is 12.7. The first-order valence-electron chi connectivity index (χ1n) is 7.24. The van der Waals surface area contributed by atoms with Crippen molar-refractivity contribution in [3.8, 4) is 5.75 Å². The highest BCUT2D eigenvalue weighted by atomic mass is 35.5. The zero-order valence-corrected chi connectivity index (χ0v) is 14.2. The average Bonchev–Trinajstić information content (AvgIpc) is 2.58. The maximum Gasteiger partial charge on any atom is 0.258 e. The molecule has 0 heterocycles. The van der Waals surface area contributed by atoms with Crippen molar-refractivity contribution in [1.82, 2.24) is 10.6 Å². The molecular formula is C17H16Cl2N2O3. The molecule has 0 unspecified atom stereocenters. The SMILES string of the molecule is O=C(COc1ccc(Cl)cc1Cl)NCCNC(=O)c1ccccc1. The van der Waals surface area contributed by atoms with Crippen LogP contribution in [0.3, 0.4) is 0 Å². The monoisotopic (exact) mass is 366 g/mol. The van der Waals surface area contributed by atoms with Gasteiger partial charge in [-0.2, -0.15) is 0 Å². The normalized spacial score (nSPS) is 10.1. The van der Waals surface area contributed by atoms with Crippen LogP contribution in [0.2, 0.25) is 10.0 Å². The molecule has 0 radical (unpaired) electrons. The van der Waals surface area contributed by atoms with Gasteiger partial charge >= 0.3 is 0 Å². The predicted molar refractivity (Wildman–Crippen MR) is 93.7 cm³/mol. The minimum absolute atomic E-state index is 0.173. The Balaban J connectivity index is 1.65. The van der Waals surface area contributed by atoms with Gasteiger partial charge in [-0.1, -0.05) is 41.4 Å². The lowest BCUT2D eigenvalue weighted by Gasteiger charge is -2.09. The third-order valence-electron chi connectivity index (χ3n) is 3.02. The Labute approximate surface area is 149 Å². The molecule has 0 fully saturated rings. The molecule has 0 aromatic heterocycles. The van der Waals surface area contributed by atoms with Gasteiger partial charge in [0.2, 0.25) is 0 Å². The van der Waals surface area contributed by atoms with Crippen LogP contribution in [0.1, 0.15) is 10.4 Å². The van der Waals surface area contributed by atoms with E-state index in [-0.39, 0.29) is 18.4 Å². The molecule has 7 heteroatoms. The number of carbonyl (C=O) groups excluding carboxylic acids is 2. The molecule has 2 amide bonds. The topological polar surface area (TPSA) is 67.4 Å². The van der Waals surface area contributed by atoms with Crippen LogP contribution in [-0.2, 0) is 4.79 Å². The Morgan fingerprint density at radius 3 is 2.38 bits per heavy atom. The van der Waals surface area contributed by atoms with E-state index in [2.05, 4.69) is 10.6 Å². The van der Waals surface area contributed by atoms with Crippen LogP contribution in [-0.4, -0.2) is 31.5 Å². The summed E-state index contributed by atoms with van der Waals surface area (Å²) in [5.74, 6) is -0.113. The lowest BCUT2D eigenvalue weighted by Crippen LogP contribution is -2.36. The van der Waals surface area contributed by atoms with E-state index in [9.17, 15) is 9.59 Å². The predicted octanol–water partition coefficient (Wildman–Crippen LogP) is 2.92. The van der Waals surface area contributed by atoms with Crippen molar-refractivity contribution in [1.29, 1.82) is 0 Å². The van der Waals surface area contributed by atoms with Crippen molar-refractivity contribution in [2.75, 3.05) is 19.7 Å². The molecule has 0 bridgehead atoms. The van der Waals surface area contributed by atoms with Crippen LogP contribution in [0.4, 0.5) is 0 Å². The van der Waals surface area contributed by atoms with Gasteiger partial charge in [-0.05, 0) is 30.3 Å². The summed E-state index contributed by atoms with van der Waals surface area (Å²) in [6.07, 6.45) is 0. The molecule has 0 saturated carbocycles. The molecule has 2 N–H and O–H groups in total. The molecule has 2 aromatic carbocycles. The summed E-state index contributed by atoms with van der Waals surface area (Å²) in [6, 6.07) is 13.6. The summed E-state index contributed by atoms with van der Waals surface area (Å²) in [5.41, 5.74) is 0.574. The van der Waals surface area contributed by atoms with Crippen LogP contribution in [0, 0.1) is 0 Å². The number of hydrogen-bond acceptors (Lipinski definition) is 3. The van der Waals surface area contributed by atoms with Crippen LogP contribution < -0.4 is 15.4 Å². The number of rotatable bonds is 7. The van der Waals surface area contributed by atoms with Crippen LogP contribution in [0.5, 0.6) is 5.75 Å². The number of nitrogens with one attached hydrogen (secondary N) is 2. The summed E-state index contributed by atoms with van der Waals surface area (Å²) in [7, 11) is 0. The largest absolute Gasteiger partial charge is 0.482 e. The smallest absolute Gasteiger partial charge is 0.258 e. The summed E-state index contributed by atoms with van der Waals surface area (Å²) >= 11 is 11.7. The van der Waals surface area contributed by atoms with Crippen molar-refractivity contribution < 1.29 is 14.3 Å². The molecule has 0 aliphatic heterocycles. The van der Waals surface area contributed by atoms with Crippen molar-refractivity contribution in [2.45, 2.75) is 0 Å². The van der Waals surface area contributed by atoms with Crippen molar-refractivity contribution in [3.05, 3.63) is 64.1 Å². The van der Waals surface area contributed by atoms with Gasteiger partial charge < -0.3 is 15.4 Å². The zero-order chi connectivity index (χ0) is 17.4. The number of ether oxygens (including phenoxy) is 1. The van der Waals surface area contributed by atoms with Crippen LogP contribution in [0.25, 0.3) is 0 Å². The quantitative estimate of drug-likeness (QED) is 0.740. The third kappa shape index (κ3) is 5.76. The standard InChI is InChI=1S/C17H16Cl2N2O3/c18-13-6-7-15(14(19)10-13)24-11-16(22)20-8-9-21-17(23)12-4-2-1-3-5-12/h1-7,10H,8-9,11H2,(H,20,22)(H,21,23). The summed E-state index contributed by atoms with van der Waals surface area (Å²) in [4.78, 5) is 23.5. The van der Waals surface area contributed by atoms with Gasteiger partial charge in [0, 0.05) is 23.7 Å². The van der Waals surface area contributed by atoms with Gasteiger partial charge in [0.1, 0.15) is 5.75 Å². The maximum absolute atomic E-state index is 11.8. The van der Waals surface area contributed by atoms with E-state index in [1.165, 1.54) is 6.07 Å². The van der Waals surface area contributed by atoms with Crippen LogP contribution in [0.15, 0.2) is 48.5 Å². The first kappa shape index (κ1) is 18.1. The molecule has 0 atom stereocenters. The Hall–Kier alpha value is -2.24. The highest BCUT2D eigenvalue weighted by molar-refractivity contribution is 6.35. The first-order chi connectivity index (χ1) is 11.6. The van der Waals surface area contributed by atoms with Crippen molar-refractivity contribution in [2.24, 2.45) is 0 Å². The molecule has 24 heavy (non-hydrogen) atoms. The molecule has 126 valence electrons. The van der Waals surface area contributed by atoms with E-state index in [0.29, 0.717) is 34.4 Å². The number of amides is 2. The fourth-order valence-corrected chi connectivity index (χ4v) is 2.32. The average molecular weight is 367 g/mol. The number of carbonyl (C=O) groups is 2. The third-order valence-corrected chi connectivity index (χ3v) is 3.55.